The summed E-state index contributed by atoms with van der Waals surface area (Å²) in [5.41, 5.74) is 1.90. The van der Waals surface area contributed by atoms with Crippen LogP contribution in [0.4, 0.5) is 11.4 Å². The zero-order valence-electron chi connectivity index (χ0n) is 12.9. The Bertz CT molecular complexity index is 679. The maximum absolute atomic E-state index is 11.2. The molecule has 118 valence electrons. The molecule has 0 bridgehead atoms. The Morgan fingerprint density at radius 2 is 1.57 bits per heavy atom. The quantitative estimate of drug-likeness (QED) is 0.325. The summed E-state index contributed by atoms with van der Waals surface area (Å²) < 4.78 is 10.4. The number of hydrogen-bond donors (Lipinski definition) is 0. The summed E-state index contributed by atoms with van der Waals surface area (Å²) in [6.45, 7) is 5.57. The zero-order chi connectivity index (χ0) is 16.5. The Hall–Kier alpha value is -2.95. The molecule has 0 radical (unpaired) electrons. The van der Waals surface area contributed by atoms with E-state index in [0.717, 1.165) is 11.4 Å². The van der Waals surface area contributed by atoms with Gasteiger partial charge >= 0.3 is 5.97 Å². The highest BCUT2D eigenvalue weighted by Gasteiger charge is 2.02. The highest BCUT2D eigenvalue weighted by Crippen LogP contribution is 2.21. The van der Waals surface area contributed by atoms with Crippen molar-refractivity contribution in [3.8, 4) is 5.75 Å². The summed E-state index contributed by atoms with van der Waals surface area (Å²) >= 11 is 0. The summed E-state index contributed by atoms with van der Waals surface area (Å²) in [6, 6.07) is 16.7. The first-order valence-corrected chi connectivity index (χ1v) is 7.17. The molecule has 0 aromatic heterocycles. The Labute approximate surface area is 135 Å². The first-order valence-electron chi connectivity index (χ1n) is 7.17. The highest BCUT2D eigenvalue weighted by atomic mass is 16.6. The van der Waals surface area contributed by atoms with Crippen LogP contribution >= 0.6 is 0 Å². The second kappa shape index (κ2) is 8.48. The van der Waals surface area contributed by atoms with Crippen molar-refractivity contribution in [1.82, 2.24) is 0 Å². The number of benzene rings is 2. The normalized spacial score (nSPS) is 10.5. The van der Waals surface area contributed by atoms with Gasteiger partial charge in [0.1, 0.15) is 19.0 Å². The average Bonchev–Trinajstić information content (AvgIpc) is 2.58. The smallest absolute Gasteiger partial charge is 0.333 e. The van der Waals surface area contributed by atoms with Crippen LogP contribution < -0.4 is 4.74 Å². The summed E-state index contributed by atoms with van der Waals surface area (Å²) in [4.78, 5) is 11.2. The molecule has 23 heavy (non-hydrogen) atoms. The fourth-order valence-electron chi connectivity index (χ4n) is 1.64. The molecule has 2 rings (SSSR count). The largest absolute Gasteiger partial charge is 0.490 e. The topological polar surface area (TPSA) is 60.2 Å². The standard InChI is InChI=1S/C18H18N2O3/c1-14(2)18(21)23-13-12-22-17-10-8-16(9-11-17)20-19-15-6-4-3-5-7-15/h3-11H,1,12-13H2,2H3/b20-19+. The minimum absolute atomic E-state index is 0.182. The number of rotatable bonds is 7. The summed E-state index contributed by atoms with van der Waals surface area (Å²) in [6.07, 6.45) is 0. The summed E-state index contributed by atoms with van der Waals surface area (Å²) in [7, 11) is 0. The molecule has 0 amide bonds. The molecule has 0 aliphatic carbocycles. The summed E-state index contributed by atoms with van der Waals surface area (Å²) in [5, 5.41) is 8.28. The van der Waals surface area contributed by atoms with E-state index in [-0.39, 0.29) is 13.2 Å². The van der Waals surface area contributed by atoms with Gasteiger partial charge < -0.3 is 9.47 Å². The number of hydrogen-bond acceptors (Lipinski definition) is 5. The molecular formula is C18H18N2O3. The molecule has 0 saturated carbocycles. The van der Waals surface area contributed by atoms with Gasteiger partial charge in [0.2, 0.25) is 0 Å². The number of esters is 1. The third-order valence-electron chi connectivity index (χ3n) is 2.81. The third kappa shape index (κ3) is 5.74. The second-order valence-corrected chi connectivity index (χ2v) is 4.79. The maximum Gasteiger partial charge on any atom is 0.333 e. The van der Waals surface area contributed by atoms with Crippen molar-refractivity contribution in [2.75, 3.05) is 13.2 Å². The van der Waals surface area contributed by atoms with Gasteiger partial charge in [0.25, 0.3) is 0 Å². The van der Waals surface area contributed by atoms with Gasteiger partial charge in [-0.05, 0) is 43.3 Å². The van der Waals surface area contributed by atoms with Crippen LogP contribution in [0.15, 0.2) is 77.0 Å². The van der Waals surface area contributed by atoms with Crippen LogP contribution in [-0.2, 0) is 9.53 Å². The molecule has 0 fully saturated rings. The van der Waals surface area contributed by atoms with Gasteiger partial charge in [-0.1, -0.05) is 24.8 Å². The second-order valence-electron chi connectivity index (χ2n) is 4.79. The molecule has 0 aliphatic rings. The lowest BCUT2D eigenvalue weighted by Gasteiger charge is -2.07. The van der Waals surface area contributed by atoms with E-state index in [1.807, 2.05) is 42.5 Å². The summed E-state index contributed by atoms with van der Waals surface area (Å²) in [5.74, 6) is 0.264. The number of ether oxygens (including phenoxy) is 2. The Balaban J connectivity index is 1.79. The van der Waals surface area contributed by atoms with Crippen LogP contribution in [0.2, 0.25) is 0 Å². The van der Waals surface area contributed by atoms with E-state index in [4.69, 9.17) is 9.47 Å². The number of carbonyl (C=O) groups excluding carboxylic acids is 1. The van der Waals surface area contributed by atoms with Gasteiger partial charge in [0, 0.05) is 5.57 Å². The molecule has 0 saturated heterocycles. The Morgan fingerprint density at radius 3 is 2.17 bits per heavy atom. The third-order valence-corrected chi connectivity index (χ3v) is 2.81. The van der Waals surface area contributed by atoms with E-state index in [2.05, 4.69) is 16.8 Å². The molecule has 0 atom stereocenters. The van der Waals surface area contributed by atoms with Gasteiger partial charge in [-0.15, -0.1) is 0 Å². The average molecular weight is 310 g/mol. The van der Waals surface area contributed by atoms with E-state index in [0.29, 0.717) is 11.3 Å². The van der Waals surface area contributed by atoms with Gasteiger partial charge in [0.05, 0.1) is 11.4 Å². The van der Waals surface area contributed by atoms with Crippen molar-refractivity contribution in [1.29, 1.82) is 0 Å². The van der Waals surface area contributed by atoms with Gasteiger partial charge in [-0.3, -0.25) is 0 Å². The van der Waals surface area contributed by atoms with E-state index in [1.54, 1.807) is 19.1 Å². The molecule has 0 unspecified atom stereocenters. The van der Waals surface area contributed by atoms with E-state index >= 15 is 0 Å². The van der Waals surface area contributed by atoms with Crippen molar-refractivity contribution in [2.24, 2.45) is 10.2 Å². The van der Waals surface area contributed by atoms with Crippen LogP contribution in [0, 0.1) is 0 Å². The molecule has 2 aromatic rings. The fraction of sp³-hybridized carbons (Fsp3) is 0.167. The lowest BCUT2D eigenvalue weighted by molar-refractivity contribution is -0.139. The maximum atomic E-state index is 11.2. The van der Waals surface area contributed by atoms with Crippen molar-refractivity contribution in [3.63, 3.8) is 0 Å². The molecule has 0 heterocycles. The van der Waals surface area contributed by atoms with E-state index in [1.165, 1.54) is 0 Å². The highest BCUT2D eigenvalue weighted by molar-refractivity contribution is 5.86. The van der Waals surface area contributed by atoms with Crippen LogP contribution in [-0.4, -0.2) is 19.2 Å². The predicted molar refractivity (Wildman–Crippen MR) is 88.3 cm³/mol. The number of nitrogens with zero attached hydrogens (tertiary/aromatic N) is 2. The van der Waals surface area contributed by atoms with Crippen molar-refractivity contribution < 1.29 is 14.3 Å². The molecule has 5 nitrogen and oxygen atoms in total. The Kier molecular flexibility index (Phi) is 6.06. The van der Waals surface area contributed by atoms with Crippen LogP contribution in [0.25, 0.3) is 0 Å². The van der Waals surface area contributed by atoms with Gasteiger partial charge in [0.15, 0.2) is 0 Å². The SMILES string of the molecule is C=C(C)C(=O)OCCOc1ccc(/N=N/c2ccccc2)cc1. The Morgan fingerprint density at radius 1 is 0.957 bits per heavy atom. The van der Waals surface area contributed by atoms with Crippen molar-refractivity contribution in [2.45, 2.75) is 6.92 Å². The lowest BCUT2D eigenvalue weighted by atomic mass is 10.3. The van der Waals surface area contributed by atoms with Crippen LogP contribution in [0.1, 0.15) is 6.92 Å². The lowest BCUT2D eigenvalue weighted by Crippen LogP contribution is -2.12. The molecular weight excluding hydrogens is 292 g/mol. The van der Waals surface area contributed by atoms with E-state index < -0.39 is 5.97 Å². The molecule has 0 spiro atoms. The fourth-order valence-corrected chi connectivity index (χ4v) is 1.64. The van der Waals surface area contributed by atoms with Gasteiger partial charge in [-0.2, -0.15) is 10.2 Å². The molecule has 0 aliphatic heterocycles. The molecule has 2 aromatic carbocycles. The molecule has 5 heteroatoms. The first kappa shape index (κ1) is 16.4. The minimum Gasteiger partial charge on any atom is -0.490 e. The van der Waals surface area contributed by atoms with Crippen molar-refractivity contribution in [3.05, 3.63) is 66.7 Å². The first-order chi connectivity index (χ1) is 11.1. The number of azo groups is 1. The monoisotopic (exact) mass is 310 g/mol. The molecule has 0 N–H and O–H groups in total. The predicted octanol–water partition coefficient (Wildman–Crippen LogP) is 4.60. The van der Waals surface area contributed by atoms with Crippen LogP contribution in [0.5, 0.6) is 5.75 Å². The minimum atomic E-state index is -0.412. The van der Waals surface area contributed by atoms with Crippen LogP contribution in [0.3, 0.4) is 0 Å². The zero-order valence-corrected chi connectivity index (χ0v) is 12.9. The number of carbonyl (C=O) groups is 1. The van der Waals surface area contributed by atoms with Crippen molar-refractivity contribution >= 4 is 17.3 Å². The van der Waals surface area contributed by atoms with Gasteiger partial charge in [-0.25, -0.2) is 4.79 Å². The van der Waals surface area contributed by atoms with E-state index in [9.17, 15) is 4.79 Å².